The van der Waals surface area contributed by atoms with Gasteiger partial charge >= 0.3 is 26.2 Å². The summed E-state index contributed by atoms with van der Waals surface area (Å²) in [4.78, 5) is 0. The molecule has 0 aliphatic rings. The second-order valence-corrected chi connectivity index (χ2v) is 10.5. The van der Waals surface area contributed by atoms with Crippen LogP contribution in [0.1, 0.15) is 64.5 Å². The van der Waals surface area contributed by atoms with Crippen LogP contribution in [0.3, 0.4) is 0 Å². The fourth-order valence-corrected chi connectivity index (χ4v) is 4.35. The average molecular weight is 775 g/mol. The van der Waals surface area contributed by atoms with Crippen LogP contribution in [0.4, 0.5) is 0 Å². The van der Waals surface area contributed by atoms with Crippen molar-refractivity contribution < 1.29 is 74.2 Å². The van der Waals surface area contributed by atoms with Gasteiger partial charge in [0.05, 0.1) is 0 Å². The van der Waals surface area contributed by atoms with Crippen LogP contribution in [0.2, 0.25) is 12.1 Å². The second kappa shape index (κ2) is 22.4. The first-order valence-corrected chi connectivity index (χ1v) is 13.9. The van der Waals surface area contributed by atoms with Crippen LogP contribution in [0.5, 0.6) is 0 Å². The van der Waals surface area contributed by atoms with Crippen LogP contribution in [0, 0.1) is 0 Å². The summed E-state index contributed by atoms with van der Waals surface area (Å²) in [5.74, 6) is 0. The third kappa shape index (κ3) is 13.5. The summed E-state index contributed by atoms with van der Waals surface area (Å²) < 4.78 is 0. The summed E-state index contributed by atoms with van der Waals surface area (Å²) in [6, 6.07) is 29.2. The Morgan fingerprint density at radius 1 is 0.618 bits per heavy atom. The molecule has 0 aliphatic carbocycles. The van der Waals surface area contributed by atoms with Gasteiger partial charge in [0.2, 0.25) is 0 Å². The van der Waals surface area contributed by atoms with E-state index in [0.717, 1.165) is 9.52 Å². The first kappa shape index (κ1) is 36.4. The Balaban J connectivity index is 0. The van der Waals surface area contributed by atoms with Gasteiger partial charge in [0.25, 0.3) is 0 Å². The van der Waals surface area contributed by atoms with Gasteiger partial charge in [-0.15, -0.1) is 81.2 Å². The van der Waals surface area contributed by atoms with Crippen molar-refractivity contribution in [2.45, 2.75) is 78.3 Å². The molecule has 0 aliphatic heterocycles. The Morgan fingerprint density at radius 3 is 1.29 bits per heavy atom. The number of aryl methyl sites for hydroxylation is 2. The van der Waals surface area contributed by atoms with E-state index in [9.17, 15) is 0 Å². The minimum atomic E-state index is 0. The molecular weight excluding hydrogens is 733 g/mol. The number of unbranched alkanes of at least 4 members (excludes halogenated alkanes) is 2. The van der Waals surface area contributed by atoms with E-state index in [1.54, 1.807) is 0 Å². The van der Waals surface area contributed by atoms with Crippen LogP contribution < -0.4 is 48.0 Å². The second-order valence-electron chi connectivity index (χ2n) is 8.30. The monoisotopic (exact) mass is 773 g/mol. The van der Waals surface area contributed by atoms with Gasteiger partial charge in [-0.25, -0.2) is 0 Å². The van der Waals surface area contributed by atoms with Gasteiger partial charge in [0, 0.05) is 9.52 Å². The molecule has 4 heteroatoms. The van der Waals surface area contributed by atoms with E-state index in [1.165, 1.54) is 83.3 Å². The molecule has 0 unspecified atom stereocenters. The third-order valence-electron chi connectivity index (χ3n) is 5.57. The van der Waals surface area contributed by atoms with Crippen molar-refractivity contribution in [2.24, 2.45) is 0 Å². The molecule has 4 aromatic carbocycles. The first-order chi connectivity index (χ1) is 15.2. The normalized spacial score (nSPS) is 9.53. The van der Waals surface area contributed by atoms with Crippen molar-refractivity contribution in [3.8, 4) is 0 Å². The van der Waals surface area contributed by atoms with Crippen molar-refractivity contribution in [2.75, 3.05) is 0 Å². The molecule has 1 radical (unpaired) electrons. The summed E-state index contributed by atoms with van der Waals surface area (Å²) in [6.07, 6.45) is 7.62. The summed E-state index contributed by atoms with van der Waals surface area (Å²) in [5.41, 5.74) is 2.98. The van der Waals surface area contributed by atoms with Gasteiger partial charge in [-0.1, -0.05) is 77.6 Å². The molecular formula is C30H41I2SiZr. The number of rotatable bonds is 8. The van der Waals surface area contributed by atoms with Crippen molar-refractivity contribution >= 4 is 31.1 Å². The van der Waals surface area contributed by atoms with Crippen molar-refractivity contribution in [3.63, 3.8) is 0 Å². The summed E-state index contributed by atoms with van der Waals surface area (Å²) in [6.45, 7) is 8.98. The van der Waals surface area contributed by atoms with Crippen LogP contribution in [0.15, 0.2) is 72.8 Å². The molecule has 0 saturated carbocycles. The van der Waals surface area contributed by atoms with E-state index in [4.69, 9.17) is 0 Å². The number of fused-ring (bicyclic) bond motifs is 2. The molecule has 0 N–H and O–H groups in total. The first-order valence-electron chi connectivity index (χ1n) is 12.3. The van der Waals surface area contributed by atoms with Crippen LogP contribution in [-0.2, 0) is 39.0 Å². The SMILES string of the molecule is CCCCc1cc2ccccc2[cH-]1.CCCCc1cc2ccccc2[cH-]1.CC[SiH]CC.[I-].[I-].[Zr+4]. The minimum absolute atomic E-state index is 0. The Morgan fingerprint density at radius 2 is 1.00 bits per heavy atom. The largest absolute Gasteiger partial charge is 4.00 e. The van der Waals surface area contributed by atoms with Gasteiger partial charge in [-0.05, 0) is 12.8 Å². The summed E-state index contributed by atoms with van der Waals surface area (Å²) >= 11 is 0. The Labute approximate surface area is 264 Å². The molecule has 0 spiro atoms. The maximum absolute atomic E-state index is 2.31. The van der Waals surface area contributed by atoms with E-state index in [0.29, 0.717) is 0 Å². The molecule has 0 atom stereocenters. The van der Waals surface area contributed by atoms with Crippen LogP contribution >= 0.6 is 0 Å². The predicted molar refractivity (Wildman–Crippen MR) is 144 cm³/mol. The van der Waals surface area contributed by atoms with E-state index in [2.05, 4.69) is 100 Å². The number of hydrogen-bond donors (Lipinski definition) is 0. The fraction of sp³-hybridized carbons (Fsp3) is 0.400. The van der Waals surface area contributed by atoms with Gasteiger partial charge in [0.1, 0.15) is 0 Å². The number of benzene rings is 2. The zero-order valence-corrected chi connectivity index (χ0v) is 29.3. The molecule has 0 fully saturated rings. The maximum Gasteiger partial charge on any atom is 4.00 e. The molecule has 4 aromatic rings. The van der Waals surface area contributed by atoms with Crippen LogP contribution in [0.25, 0.3) is 21.5 Å². The number of halogens is 2. The van der Waals surface area contributed by atoms with Gasteiger partial charge in [-0.3, -0.25) is 0 Å². The molecule has 4 rings (SSSR count). The number of hydrogen-bond acceptors (Lipinski definition) is 0. The zero-order chi connectivity index (χ0) is 22.3. The van der Waals surface area contributed by atoms with Crippen molar-refractivity contribution in [1.82, 2.24) is 0 Å². The molecule has 0 heterocycles. The summed E-state index contributed by atoms with van der Waals surface area (Å²) in [7, 11) is 0.815. The topological polar surface area (TPSA) is 0 Å². The van der Waals surface area contributed by atoms with Crippen molar-refractivity contribution in [1.29, 1.82) is 0 Å². The fourth-order valence-electron chi connectivity index (χ4n) is 3.77. The molecule has 34 heavy (non-hydrogen) atoms. The Bertz CT molecular complexity index is 843. The quantitative estimate of drug-likeness (QED) is 0.147. The van der Waals surface area contributed by atoms with Gasteiger partial charge in [-0.2, -0.15) is 12.1 Å². The van der Waals surface area contributed by atoms with E-state index in [1.807, 2.05) is 0 Å². The van der Waals surface area contributed by atoms with E-state index >= 15 is 0 Å². The molecule has 0 aromatic heterocycles. The Hall–Kier alpha value is 0.220. The molecule has 0 saturated heterocycles. The van der Waals surface area contributed by atoms with Gasteiger partial charge in [0.15, 0.2) is 0 Å². The minimum Gasteiger partial charge on any atom is -1.00 e. The van der Waals surface area contributed by atoms with Gasteiger partial charge < -0.3 is 48.0 Å². The summed E-state index contributed by atoms with van der Waals surface area (Å²) in [5, 5.41) is 5.53. The molecule has 0 nitrogen and oxygen atoms in total. The average Bonchev–Trinajstić information content (AvgIpc) is 3.41. The van der Waals surface area contributed by atoms with E-state index < -0.39 is 0 Å². The molecule has 0 amide bonds. The smallest absolute Gasteiger partial charge is 1.00 e. The molecule has 183 valence electrons. The van der Waals surface area contributed by atoms with E-state index in [-0.39, 0.29) is 74.2 Å². The van der Waals surface area contributed by atoms with Crippen LogP contribution in [-0.4, -0.2) is 9.52 Å². The van der Waals surface area contributed by atoms with Crippen molar-refractivity contribution in [3.05, 3.63) is 83.9 Å². The Kier molecular flexibility index (Phi) is 24.0. The maximum atomic E-state index is 2.31. The standard InChI is InChI=1S/2C13H15.C4H11Si.2HI.Zr/c2*1-2-3-6-11-9-12-7-4-5-8-13(12)10-11;1-3-5-4-2;;;/h2*4-5,7-10H,2-3,6H2,1H3;5H,3-4H2,1-2H3;2*1H;/q2*-1;;;;+4/p-2. The molecule has 0 bridgehead atoms. The predicted octanol–water partition coefficient (Wildman–Crippen LogP) is 3.11. The third-order valence-corrected chi connectivity index (χ3v) is 6.73. The zero-order valence-electron chi connectivity index (χ0n) is 21.4.